The Balaban J connectivity index is 1.58. The molecule has 0 radical (unpaired) electrons. The van der Waals surface area contributed by atoms with E-state index in [0.717, 1.165) is 26.5 Å². The molecule has 4 rings (SSSR count). The molecule has 1 fully saturated rings. The number of hydrogen-bond acceptors (Lipinski definition) is 8. The molecule has 0 saturated carbocycles. The van der Waals surface area contributed by atoms with E-state index >= 15 is 0 Å². The molecule has 1 aliphatic rings. The van der Waals surface area contributed by atoms with Gasteiger partial charge in [0.05, 0.1) is 25.7 Å². The molecule has 1 saturated heterocycles. The maximum Gasteiger partial charge on any atom is 0.333 e. The minimum absolute atomic E-state index is 0.0128. The summed E-state index contributed by atoms with van der Waals surface area (Å²) in [5.41, 5.74) is -0.223. The molecule has 2 N–H and O–H groups in total. The van der Waals surface area contributed by atoms with Crippen molar-refractivity contribution in [3.63, 3.8) is 0 Å². The standard InChI is InChI=1S/C23H26N6O6S/c1-27-19-20(26-22(27)36(3,33)34)29(23(32)28(2)21(19)31)10-5-7-15-6-4-8-16(12-15)25-18(30)13-17-14-24-9-11-35-17/h4,6,8,12,17,24H,9-11,13-14H2,1-3H3,(H,25,30). The van der Waals surface area contributed by atoms with Crippen molar-refractivity contribution >= 4 is 32.6 Å². The number of aromatic nitrogens is 4. The van der Waals surface area contributed by atoms with Crippen LogP contribution in [-0.2, 0) is 40.0 Å². The topological polar surface area (TPSA) is 146 Å². The van der Waals surface area contributed by atoms with Crippen molar-refractivity contribution in [2.24, 2.45) is 14.1 Å². The first kappa shape index (κ1) is 25.4. The van der Waals surface area contributed by atoms with Crippen molar-refractivity contribution in [2.45, 2.75) is 24.2 Å². The van der Waals surface area contributed by atoms with Crippen LogP contribution in [0.2, 0.25) is 0 Å². The minimum Gasteiger partial charge on any atom is -0.375 e. The molecule has 0 aliphatic carbocycles. The third-order valence-corrected chi connectivity index (χ3v) is 6.71. The van der Waals surface area contributed by atoms with Crippen molar-refractivity contribution in [1.29, 1.82) is 0 Å². The second-order valence-electron chi connectivity index (χ2n) is 8.46. The quantitative estimate of drug-likeness (QED) is 0.421. The Morgan fingerprint density at radius 1 is 1.28 bits per heavy atom. The van der Waals surface area contributed by atoms with Crippen LogP contribution in [0.15, 0.2) is 39.0 Å². The molecule has 1 aliphatic heterocycles. The molecule has 1 aromatic carbocycles. The fourth-order valence-corrected chi connectivity index (χ4v) is 4.79. The summed E-state index contributed by atoms with van der Waals surface area (Å²) in [6.07, 6.45) is 1.04. The number of rotatable bonds is 5. The van der Waals surface area contributed by atoms with Crippen molar-refractivity contribution in [3.05, 3.63) is 50.7 Å². The molecule has 0 spiro atoms. The maximum atomic E-state index is 12.8. The van der Waals surface area contributed by atoms with E-state index in [1.165, 1.54) is 14.1 Å². The molecule has 0 bridgehead atoms. The lowest BCUT2D eigenvalue weighted by Crippen LogP contribution is -2.40. The fraction of sp³-hybridized carbons (Fsp3) is 0.391. The van der Waals surface area contributed by atoms with Gasteiger partial charge in [-0.1, -0.05) is 17.9 Å². The lowest BCUT2D eigenvalue weighted by molar-refractivity contribution is -0.119. The Hall–Kier alpha value is -3.73. The van der Waals surface area contributed by atoms with Gasteiger partial charge in [-0.2, -0.15) is 4.98 Å². The number of anilines is 1. The first-order chi connectivity index (χ1) is 17.1. The second-order valence-corrected chi connectivity index (χ2v) is 10.4. The van der Waals surface area contributed by atoms with Gasteiger partial charge in [-0.05, 0) is 18.2 Å². The molecule has 190 valence electrons. The third kappa shape index (κ3) is 5.25. The minimum atomic E-state index is -3.74. The Bertz CT molecular complexity index is 1620. The van der Waals surface area contributed by atoms with E-state index in [0.29, 0.717) is 24.4 Å². The van der Waals surface area contributed by atoms with Crippen LogP contribution in [0.3, 0.4) is 0 Å². The highest BCUT2D eigenvalue weighted by molar-refractivity contribution is 7.90. The van der Waals surface area contributed by atoms with E-state index in [1.807, 2.05) is 0 Å². The molecule has 3 heterocycles. The number of carbonyl (C=O) groups excluding carboxylic acids is 1. The highest BCUT2D eigenvalue weighted by Crippen LogP contribution is 2.15. The zero-order valence-corrected chi connectivity index (χ0v) is 20.9. The lowest BCUT2D eigenvalue weighted by atomic mass is 10.2. The summed E-state index contributed by atoms with van der Waals surface area (Å²) >= 11 is 0. The van der Waals surface area contributed by atoms with Gasteiger partial charge in [0.2, 0.25) is 20.9 Å². The van der Waals surface area contributed by atoms with E-state index in [1.54, 1.807) is 24.3 Å². The molecule has 12 nitrogen and oxygen atoms in total. The second kappa shape index (κ2) is 10.1. The first-order valence-electron chi connectivity index (χ1n) is 11.1. The van der Waals surface area contributed by atoms with Crippen LogP contribution in [0.25, 0.3) is 11.2 Å². The molecule has 1 atom stereocenters. The van der Waals surface area contributed by atoms with Gasteiger partial charge in [-0.25, -0.2) is 13.2 Å². The van der Waals surface area contributed by atoms with Gasteiger partial charge >= 0.3 is 5.69 Å². The number of sulfone groups is 1. The summed E-state index contributed by atoms with van der Waals surface area (Å²) < 4.78 is 32.9. The van der Waals surface area contributed by atoms with Gasteiger partial charge < -0.3 is 19.9 Å². The van der Waals surface area contributed by atoms with Crippen molar-refractivity contribution in [2.75, 3.05) is 31.3 Å². The molecule has 36 heavy (non-hydrogen) atoms. The molecule has 3 aromatic rings. The van der Waals surface area contributed by atoms with Gasteiger partial charge in [0.15, 0.2) is 11.2 Å². The van der Waals surface area contributed by atoms with E-state index in [9.17, 15) is 22.8 Å². The predicted octanol–water partition coefficient (Wildman–Crippen LogP) is -0.794. The highest BCUT2D eigenvalue weighted by Gasteiger charge is 2.23. The summed E-state index contributed by atoms with van der Waals surface area (Å²) in [5, 5.41) is 5.69. The van der Waals surface area contributed by atoms with Crippen molar-refractivity contribution in [3.8, 4) is 11.8 Å². The van der Waals surface area contributed by atoms with Crippen LogP contribution >= 0.6 is 0 Å². The summed E-state index contributed by atoms with van der Waals surface area (Å²) in [5.74, 6) is 5.62. The molecule has 1 amide bonds. The summed E-state index contributed by atoms with van der Waals surface area (Å²) in [7, 11) is -1.02. The van der Waals surface area contributed by atoms with Gasteiger partial charge in [-0.3, -0.25) is 18.7 Å². The van der Waals surface area contributed by atoms with E-state index in [-0.39, 0.29) is 41.3 Å². The summed E-state index contributed by atoms with van der Waals surface area (Å²) in [4.78, 5) is 41.8. The number of ether oxygens (including phenoxy) is 1. The van der Waals surface area contributed by atoms with Gasteiger partial charge in [0.1, 0.15) is 0 Å². The van der Waals surface area contributed by atoms with Crippen LogP contribution in [0.4, 0.5) is 5.69 Å². The van der Waals surface area contributed by atoms with Gasteiger partial charge in [0.25, 0.3) is 5.56 Å². The smallest absolute Gasteiger partial charge is 0.333 e. The van der Waals surface area contributed by atoms with Crippen LogP contribution in [0.1, 0.15) is 12.0 Å². The lowest BCUT2D eigenvalue weighted by Gasteiger charge is -2.23. The van der Waals surface area contributed by atoms with E-state index in [4.69, 9.17) is 4.74 Å². The number of nitrogens with one attached hydrogen (secondary N) is 2. The van der Waals surface area contributed by atoms with Crippen molar-refractivity contribution < 1.29 is 17.9 Å². The number of amides is 1. The molecular formula is C23H26N6O6S. The summed E-state index contributed by atoms with van der Waals surface area (Å²) in [6.45, 7) is 1.84. The van der Waals surface area contributed by atoms with Crippen LogP contribution < -0.4 is 21.9 Å². The maximum absolute atomic E-state index is 12.8. The monoisotopic (exact) mass is 514 g/mol. The average molecular weight is 515 g/mol. The first-order valence-corrected chi connectivity index (χ1v) is 13.0. The van der Waals surface area contributed by atoms with Crippen molar-refractivity contribution in [1.82, 2.24) is 24.0 Å². The highest BCUT2D eigenvalue weighted by atomic mass is 32.2. The van der Waals surface area contributed by atoms with Crippen LogP contribution in [0, 0.1) is 11.8 Å². The van der Waals surface area contributed by atoms with E-state index < -0.39 is 21.1 Å². The number of hydrogen-bond donors (Lipinski definition) is 2. The molecule has 1 unspecified atom stereocenters. The zero-order valence-electron chi connectivity index (χ0n) is 20.1. The number of imidazole rings is 1. The van der Waals surface area contributed by atoms with Gasteiger partial charge in [0, 0.05) is 44.7 Å². The number of nitrogens with zero attached hydrogens (tertiary/aromatic N) is 4. The Morgan fingerprint density at radius 3 is 2.75 bits per heavy atom. The Kier molecular flexibility index (Phi) is 7.11. The zero-order chi connectivity index (χ0) is 26.0. The van der Waals surface area contributed by atoms with Gasteiger partial charge in [-0.15, -0.1) is 0 Å². The number of morpholine rings is 1. The molecular weight excluding hydrogens is 488 g/mol. The molecule has 13 heteroatoms. The molecule has 2 aromatic heterocycles. The number of fused-ring (bicyclic) bond motifs is 1. The number of benzene rings is 1. The predicted molar refractivity (Wildman–Crippen MR) is 133 cm³/mol. The largest absolute Gasteiger partial charge is 0.375 e. The van der Waals surface area contributed by atoms with E-state index in [2.05, 4.69) is 27.5 Å². The van der Waals surface area contributed by atoms with Crippen LogP contribution in [-0.4, -0.2) is 65.1 Å². The SMILES string of the molecule is Cn1c(=O)c2c(nc(S(C)(=O)=O)n2C)n(CC#Cc2cccc(NC(=O)CC3CNCCO3)c2)c1=O. The average Bonchev–Trinajstić information content (AvgIpc) is 3.18. The third-order valence-electron chi connectivity index (χ3n) is 5.68. The summed E-state index contributed by atoms with van der Waals surface area (Å²) in [6, 6.07) is 6.93. The Morgan fingerprint density at radius 2 is 2.06 bits per heavy atom. The normalized spacial score (nSPS) is 15.9. The number of carbonyl (C=O) groups is 1. The Labute approximate surface area is 206 Å². The number of aryl methyl sites for hydroxylation is 1. The fourth-order valence-electron chi connectivity index (χ4n) is 3.95. The van der Waals surface area contributed by atoms with Crippen LogP contribution in [0.5, 0.6) is 0 Å².